The lowest BCUT2D eigenvalue weighted by Crippen LogP contribution is -2.32. The topological polar surface area (TPSA) is 52.9 Å². The maximum atomic E-state index is 11.1. The Labute approximate surface area is 72.8 Å². The standard InChI is InChI=1S/C9H12N2O/c1-4-5-11-9(12)8(6-10)7(2)3/h1,7-8H,5H2,2-3H3,(H,11,12). The summed E-state index contributed by atoms with van der Waals surface area (Å²) in [5.74, 6) is 1.41. The quantitative estimate of drug-likeness (QED) is 0.619. The first-order chi connectivity index (χ1) is 5.63. The largest absolute Gasteiger partial charge is 0.344 e. The van der Waals surface area contributed by atoms with Gasteiger partial charge in [0.25, 0.3) is 0 Å². The minimum Gasteiger partial charge on any atom is -0.344 e. The van der Waals surface area contributed by atoms with Gasteiger partial charge < -0.3 is 5.32 Å². The summed E-state index contributed by atoms with van der Waals surface area (Å²) in [6.07, 6.45) is 4.95. The van der Waals surface area contributed by atoms with Crippen molar-refractivity contribution in [1.82, 2.24) is 5.32 Å². The Morgan fingerprint density at radius 3 is 2.58 bits per heavy atom. The summed E-state index contributed by atoms with van der Waals surface area (Å²) < 4.78 is 0. The second kappa shape index (κ2) is 5.21. The van der Waals surface area contributed by atoms with Gasteiger partial charge in [-0.1, -0.05) is 19.8 Å². The van der Waals surface area contributed by atoms with E-state index in [-0.39, 0.29) is 18.4 Å². The highest BCUT2D eigenvalue weighted by atomic mass is 16.1. The molecule has 0 radical (unpaired) electrons. The normalized spacial score (nSPS) is 11.4. The van der Waals surface area contributed by atoms with Crippen molar-refractivity contribution < 1.29 is 4.79 Å². The van der Waals surface area contributed by atoms with Crippen LogP contribution in [0.5, 0.6) is 0 Å². The van der Waals surface area contributed by atoms with Crippen LogP contribution in [0.1, 0.15) is 13.8 Å². The number of nitrogens with zero attached hydrogens (tertiary/aromatic N) is 1. The molecule has 0 bridgehead atoms. The highest BCUT2D eigenvalue weighted by Crippen LogP contribution is 2.08. The predicted octanol–water partition coefficient (Wildman–Crippen LogP) is 0.532. The van der Waals surface area contributed by atoms with Gasteiger partial charge in [-0.05, 0) is 5.92 Å². The Morgan fingerprint density at radius 2 is 2.25 bits per heavy atom. The van der Waals surface area contributed by atoms with Gasteiger partial charge in [0.1, 0.15) is 5.92 Å². The van der Waals surface area contributed by atoms with Gasteiger partial charge >= 0.3 is 0 Å². The average Bonchev–Trinajstić information content (AvgIpc) is 2.01. The van der Waals surface area contributed by atoms with Crippen molar-refractivity contribution in [3.8, 4) is 18.4 Å². The van der Waals surface area contributed by atoms with E-state index >= 15 is 0 Å². The zero-order chi connectivity index (χ0) is 9.56. The van der Waals surface area contributed by atoms with Crippen LogP contribution < -0.4 is 5.32 Å². The number of amides is 1. The third kappa shape index (κ3) is 3.07. The monoisotopic (exact) mass is 164 g/mol. The van der Waals surface area contributed by atoms with Crippen LogP contribution in [0.25, 0.3) is 0 Å². The summed E-state index contributed by atoms with van der Waals surface area (Å²) in [7, 11) is 0. The van der Waals surface area contributed by atoms with E-state index in [1.54, 1.807) is 0 Å². The molecule has 3 heteroatoms. The first-order valence-corrected chi connectivity index (χ1v) is 3.74. The van der Waals surface area contributed by atoms with Gasteiger partial charge in [-0.3, -0.25) is 4.79 Å². The highest BCUT2D eigenvalue weighted by Gasteiger charge is 2.20. The van der Waals surface area contributed by atoms with Crippen LogP contribution in [0.4, 0.5) is 0 Å². The SMILES string of the molecule is C#CCNC(=O)C(C#N)C(C)C. The van der Waals surface area contributed by atoms with E-state index < -0.39 is 5.92 Å². The molecule has 3 nitrogen and oxygen atoms in total. The fraction of sp³-hybridized carbons (Fsp3) is 0.556. The fourth-order valence-electron chi connectivity index (χ4n) is 0.759. The van der Waals surface area contributed by atoms with E-state index in [0.717, 1.165) is 0 Å². The summed E-state index contributed by atoms with van der Waals surface area (Å²) in [4.78, 5) is 11.1. The van der Waals surface area contributed by atoms with Gasteiger partial charge in [0, 0.05) is 0 Å². The zero-order valence-corrected chi connectivity index (χ0v) is 7.29. The molecule has 0 saturated heterocycles. The lowest BCUT2D eigenvalue weighted by molar-refractivity contribution is -0.124. The molecule has 0 aromatic carbocycles. The van der Waals surface area contributed by atoms with Crippen LogP contribution >= 0.6 is 0 Å². The number of nitriles is 1. The minimum atomic E-state index is -0.599. The summed E-state index contributed by atoms with van der Waals surface area (Å²) in [6.45, 7) is 3.83. The number of nitrogens with one attached hydrogen (secondary N) is 1. The van der Waals surface area contributed by atoms with Crippen LogP contribution in [0.15, 0.2) is 0 Å². The lowest BCUT2D eigenvalue weighted by Gasteiger charge is -2.10. The van der Waals surface area contributed by atoms with Crippen LogP contribution in [-0.4, -0.2) is 12.5 Å². The molecule has 0 spiro atoms. The number of hydrogen-bond donors (Lipinski definition) is 1. The zero-order valence-electron chi connectivity index (χ0n) is 7.29. The van der Waals surface area contributed by atoms with E-state index in [1.807, 2.05) is 19.9 Å². The van der Waals surface area contributed by atoms with Gasteiger partial charge in [0.2, 0.25) is 5.91 Å². The highest BCUT2D eigenvalue weighted by molar-refractivity contribution is 5.81. The van der Waals surface area contributed by atoms with E-state index in [9.17, 15) is 4.79 Å². The second-order valence-corrected chi connectivity index (χ2v) is 2.77. The number of carbonyl (C=O) groups excluding carboxylic acids is 1. The maximum absolute atomic E-state index is 11.1. The van der Waals surface area contributed by atoms with Crippen molar-refractivity contribution in [2.45, 2.75) is 13.8 Å². The Morgan fingerprint density at radius 1 is 1.67 bits per heavy atom. The summed E-state index contributed by atoms with van der Waals surface area (Å²) >= 11 is 0. The molecular weight excluding hydrogens is 152 g/mol. The predicted molar refractivity (Wildman–Crippen MR) is 45.8 cm³/mol. The van der Waals surface area contributed by atoms with Gasteiger partial charge in [-0.25, -0.2) is 0 Å². The smallest absolute Gasteiger partial charge is 0.238 e. The summed E-state index contributed by atoms with van der Waals surface area (Å²) in [6, 6.07) is 1.93. The molecule has 0 aliphatic rings. The minimum absolute atomic E-state index is 0.0211. The van der Waals surface area contributed by atoms with Gasteiger partial charge in [0.15, 0.2) is 0 Å². The van der Waals surface area contributed by atoms with Crippen molar-refractivity contribution >= 4 is 5.91 Å². The lowest BCUT2D eigenvalue weighted by atomic mass is 9.97. The molecule has 0 aliphatic carbocycles. The number of rotatable bonds is 3. The molecule has 12 heavy (non-hydrogen) atoms. The second-order valence-electron chi connectivity index (χ2n) is 2.77. The fourth-order valence-corrected chi connectivity index (χ4v) is 0.759. The molecular formula is C9H12N2O. The van der Waals surface area contributed by atoms with E-state index in [2.05, 4.69) is 11.2 Å². The van der Waals surface area contributed by atoms with Gasteiger partial charge in [-0.15, -0.1) is 6.42 Å². The van der Waals surface area contributed by atoms with Gasteiger partial charge in [0.05, 0.1) is 12.6 Å². The van der Waals surface area contributed by atoms with Crippen molar-refractivity contribution in [3.05, 3.63) is 0 Å². The third-order valence-corrected chi connectivity index (χ3v) is 1.45. The van der Waals surface area contributed by atoms with Crippen LogP contribution in [0.3, 0.4) is 0 Å². The molecule has 0 heterocycles. The Kier molecular flexibility index (Phi) is 4.57. The average molecular weight is 164 g/mol. The molecule has 0 aromatic heterocycles. The molecule has 1 unspecified atom stereocenters. The van der Waals surface area contributed by atoms with E-state index in [0.29, 0.717) is 0 Å². The molecule has 1 amide bonds. The number of carbonyl (C=O) groups is 1. The first kappa shape index (κ1) is 10.5. The van der Waals surface area contributed by atoms with Crippen LogP contribution in [0, 0.1) is 35.5 Å². The number of hydrogen-bond acceptors (Lipinski definition) is 2. The molecule has 1 N–H and O–H groups in total. The van der Waals surface area contributed by atoms with Crippen LogP contribution in [-0.2, 0) is 4.79 Å². The Bertz CT molecular complexity index is 232. The summed E-state index contributed by atoms with van der Waals surface area (Å²) in [5.41, 5.74) is 0. The summed E-state index contributed by atoms with van der Waals surface area (Å²) in [5, 5.41) is 11.1. The van der Waals surface area contributed by atoms with Gasteiger partial charge in [-0.2, -0.15) is 5.26 Å². The third-order valence-electron chi connectivity index (χ3n) is 1.45. The molecule has 1 atom stereocenters. The first-order valence-electron chi connectivity index (χ1n) is 3.74. The molecule has 0 saturated carbocycles. The molecule has 0 aromatic rings. The Balaban J connectivity index is 4.08. The molecule has 0 aliphatic heterocycles. The molecule has 0 fully saturated rings. The maximum Gasteiger partial charge on any atom is 0.238 e. The van der Waals surface area contributed by atoms with Crippen molar-refractivity contribution in [1.29, 1.82) is 5.26 Å². The van der Waals surface area contributed by atoms with Crippen molar-refractivity contribution in [2.24, 2.45) is 11.8 Å². The Hall–Kier alpha value is -1.48. The van der Waals surface area contributed by atoms with Crippen LogP contribution in [0.2, 0.25) is 0 Å². The van der Waals surface area contributed by atoms with E-state index in [4.69, 9.17) is 11.7 Å². The van der Waals surface area contributed by atoms with Crippen molar-refractivity contribution in [3.63, 3.8) is 0 Å². The molecule has 0 rings (SSSR count). The van der Waals surface area contributed by atoms with Crippen molar-refractivity contribution in [2.75, 3.05) is 6.54 Å². The molecule has 64 valence electrons. The van der Waals surface area contributed by atoms with E-state index in [1.165, 1.54) is 0 Å². The number of terminal acetylenes is 1.